The van der Waals surface area contributed by atoms with Crippen molar-refractivity contribution in [2.45, 2.75) is 26.5 Å². The highest BCUT2D eigenvalue weighted by molar-refractivity contribution is 7.16. The van der Waals surface area contributed by atoms with Crippen molar-refractivity contribution in [1.29, 1.82) is 5.26 Å². The van der Waals surface area contributed by atoms with Crippen LogP contribution in [0.15, 0.2) is 24.3 Å². The van der Waals surface area contributed by atoms with Crippen molar-refractivity contribution >= 4 is 32.9 Å². The number of aryl methyl sites for hydroxylation is 1. The molecule has 4 rings (SSSR count). The first-order chi connectivity index (χ1) is 13.0. The second kappa shape index (κ2) is 6.67. The maximum atomic E-state index is 12.6. The van der Waals surface area contributed by atoms with E-state index in [1.54, 1.807) is 12.1 Å². The van der Waals surface area contributed by atoms with Crippen LogP contribution >= 0.6 is 11.3 Å². The minimum atomic E-state index is -2.87. The summed E-state index contributed by atoms with van der Waals surface area (Å²) in [6.45, 7) is 0.347. The Morgan fingerprint density at radius 2 is 2.19 bits per heavy atom. The fourth-order valence-electron chi connectivity index (χ4n) is 3.51. The summed E-state index contributed by atoms with van der Waals surface area (Å²) in [5.74, 6) is 0.106. The molecular formula is C19H16F2N4OS. The number of nitrogen functional groups attached to an aromatic ring is 1. The Hall–Kier alpha value is -2.92. The van der Waals surface area contributed by atoms with Crippen molar-refractivity contribution in [3.63, 3.8) is 0 Å². The third-order valence-corrected chi connectivity index (χ3v) is 5.69. The van der Waals surface area contributed by atoms with Gasteiger partial charge < -0.3 is 15.4 Å². The molecule has 0 bridgehead atoms. The maximum Gasteiger partial charge on any atom is 0.387 e. The summed E-state index contributed by atoms with van der Waals surface area (Å²) in [6, 6.07) is 8.93. The molecule has 138 valence electrons. The zero-order chi connectivity index (χ0) is 19.1. The first kappa shape index (κ1) is 17.5. The van der Waals surface area contributed by atoms with Gasteiger partial charge in [-0.15, -0.1) is 11.3 Å². The molecule has 3 heterocycles. The molecule has 27 heavy (non-hydrogen) atoms. The number of hydrogen-bond donors (Lipinski definition) is 1. The van der Waals surface area contributed by atoms with Crippen LogP contribution in [0.1, 0.15) is 21.7 Å². The van der Waals surface area contributed by atoms with Crippen LogP contribution in [0.25, 0.3) is 10.9 Å². The van der Waals surface area contributed by atoms with E-state index < -0.39 is 6.61 Å². The molecule has 0 unspecified atom stereocenters. The number of benzene rings is 1. The van der Waals surface area contributed by atoms with Crippen LogP contribution in [0.5, 0.6) is 5.75 Å². The molecule has 2 N–H and O–H groups in total. The van der Waals surface area contributed by atoms with Gasteiger partial charge in [0.15, 0.2) is 0 Å². The van der Waals surface area contributed by atoms with Crippen LogP contribution in [-0.4, -0.2) is 18.1 Å². The van der Waals surface area contributed by atoms with Crippen molar-refractivity contribution in [3.8, 4) is 11.8 Å². The Labute approximate surface area is 158 Å². The van der Waals surface area contributed by atoms with Crippen LogP contribution in [0.2, 0.25) is 0 Å². The molecule has 1 aliphatic rings. The predicted octanol–water partition coefficient (Wildman–Crippen LogP) is 4.22. The number of rotatable bonds is 3. The minimum Gasteiger partial charge on any atom is -0.435 e. The molecule has 0 atom stereocenters. The number of aromatic nitrogens is 1. The molecule has 2 aromatic heterocycles. The predicted molar refractivity (Wildman–Crippen MR) is 101 cm³/mol. The van der Waals surface area contributed by atoms with Crippen LogP contribution in [-0.2, 0) is 13.0 Å². The lowest BCUT2D eigenvalue weighted by molar-refractivity contribution is -0.0497. The van der Waals surface area contributed by atoms with Gasteiger partial charge in [0.25, 0.3) is 0 Å². The zero-order valence-electron chi connectivity index (χ0n) is 14.5. The average molecular weight is 386 g/mol. The quantitative estimate of drug-likeness (QED) is 0.729. The third-order valence-electron chi connectivity index (χ3n) is 4.65. The Balaban J connectivity index is 1.77. The number of thiophene rings is 1. The molecule has 1 aromatic carbocycles. The molecule has 0 radical (unpaired) electrons. The third kappa shape index (κ3) is 3.15. The van der Waals surface area contributed by atoms with Crippen molar-refractivity contribution < 1.29 is 13.5 Å². The lowest BCUT2D eigenvalue weighted by Crippen LogP contribution is -2.30. The smallest absolute Gasteiger partial charge is 0.387 e. The second-order valence-electron chi connectivity index (χ2n) is 6.37. The molecular weight excluding hydrogens is 370 g/mol. The summed E-state index contributed by atoms with van der Waals surface area (Å²) in [5.41, 5.74) is 10.1. The van der Waals surface area contributed by atoms with Crippen LogP contribution < -0.4 is 15.4 Å². The highest BCUT2D eigenvalue weighted by atomic mass is 32.1. The summed E-state index contributed by atoms with van der Waals surface area (Å²) in [6.07, 6.45) is 0.710. The van der Waals surface area contributed by atoms with E-state index in [0.717, 1.165) is 32.7 Å². The van der Waals surface area contributed by atoms with E-state index in [4.69, 9.17) is 5.73 Å². The Kier molecular flexibility index (Phi) is 4.32. The number of nitrogens with zero attached hydrogens (tertiary/aromatic N) is 3. The first-order valence-corrected chi connectivity index (χ1v) is 9.19. The van der Waals surface area contributed by atoms with Gasteiger partial charge in [0, 0.05) is 28.2 Å². The topological polar surface area (TPSA) is 75.2 Å². The fraction of sp³-hybridized carbons (Fsp3) is 0.263. The Bertz CT molecular complexity index is 1070. The molecule has 0 aliphatic carbocycles. The van der Waals surface area contributed by atoms with Crippen LogP contribution in [0.3, 0.4) is 0 Å². The van der Waals surface area contributed by atoms with E-state index in [1.165, 1.54) is 17.4 Å². The summed E-state index contributed by atoms with van der Waals surface area (Å²) in [7, 11) is 0. The van der Waals surface area contributed by atoms with E-state index >= 15 is 0 Å². The van der Waals surface area contributed by atoms with E-state index in [0.29, 0.717) is 30.1 Å². The number of anilines is 2. The maximum absolute atomic E-state index is 12.6. The van der Waals surface area contributed by atoms with E-state index in [9.17, 15) is 14.0 Å². The average Bonchev–Trinajstić information content (AvgIpc) is 2.94. The molecule has 0 spiro atoms. The molecule has 5 nitrogen and oxygen atoms in total. The van der Waals surface area contributed by atoms with Crippen molar-refractivity contribution in [1.82, 2.24) is 4.98 Å². The molecule has 0 saturated heterocycles. The molecule has 0 amide bonds. The summed E-state index contributed by atoms with van der Waals surface area (Å²) >= 11 is 1.44. The fourth-order valence-corrected chi connectivity index (χ4v) is 4.59. The lowest BCUT2D eigenvalue weighted by Gasteiger charge is -2.30. The standard InChI is InChI=1S/C19H16F2N4OS/c1-10-6-16(13-7-11(26-19(20)21)2-3-15(13)24-10)25-5-4-12-14(8-22)18(23)27-17(12)9-25/h2-3,6-7,19H,4-5,9,23H2,1H3. The molecule has 3 aromatic rings. The van der Waals surface area contributed by atoms with Crippen LogP contribution in [0, 0.1) is 18.3 Å². The number of alkyl halides is 2. The van der Waals surface area contributed by atoms with E-state index in [2.05, 4.69) is 20.7 Å². The minimum absolute atomic E-state index is 0.106. The number of nitrogens with two attached hydrogens (primary N) is 1. The highest BCUT2D eigenvalue weighted by Crippen LogP contribution is 2.38. The molecule has 0 saturated carbocycles. The number of nitriles is 1. The van der Waals surface area contributed by atoms with Gasteiger partial charge in [-0.1, -0.05) is 0 Å². The lowest BCUT2D eigenvalue weighted by atomic mass is 10.0. The van der Waals surface area contributed by atoms with E-state index in [-0.39, 0.29) is 5.75 Å². The largest absolute Gasteiger partial charge is 0.435 e. The SMILES string of the molecule is Cc1cc(N2CCc3c(sc(N)c3C#N)C2)c2cc(OC(F)F)ccc2n1. The van der Waals surface area contributed by atoms with Crippen molar-refractivity contribution in [3.05, 3.63) is 46.0 Å². The number of pyridine rings is 1. The van der Waals surface area contributed by atoms with Gasteiger partial charge in [-0.05, 0) is 43.2 Å². The van der Waals surface area contributed by atoms with Crippen molar-refractivity contribution in [2.75, 3.05) is 17.2 Å². The van der Waals surface area contributed by atoms with E-state index in [1.807, 2.05) is 13.0 Å². The summed E-state index contributed by atoms with van der Waals surface area (Å²) in [5, 5.41) is 10.6. The van der Waals surface area contributed by atoms with Gasteiger partial charge in [0.2, 0.25) is 0 Å². The number of ether oxygens (including phenoxy) is 1. The molecule has 0 fully saturated rings. The number of hydrogen-bond acceptors (Lipinski definition) is 6. The van der Waals surface area contributed by atoms with Gasteiger partial charge in [-0.3, -0.25) is 4.98 Å². The Morgan fingerprint density at radius 3 is 2.93 bits per heavy atom. The second-order valence-corrected chi connectivity index (χ2v) is 7.50. The molecule has 8 heteroatoms. The van der Waals surface area contributed by atoms with Crippen LogP contribution in [0.4, 0.5) is 19.5 Å². The van der Waals surface area contributed by atoms with Gasteiger partial charge in [0.05, 0.1) is 17.6 Å². The monoisotopic (exact) mass is 386 g/mol. The van der Waals surface area contributed by atoms with Gasteiger partial charge in [-0.25, -0.2) is 0 Å². The zero-order valence-corrected chi connectivity index (χ0v) is 15.3. The van der Waals surface area contributed by atoms with Gasteiger partial charge in [-0.2, -0.15) is 14.0 Å². The molecule has 1 aliphatic heterocycles. The highest BCUT2D eigenvalue weighted by Gasteiger charge is 2.25. The van der Waals surface area contributed by atoms with Gasteiger partial charge in [0.1, 0.15) is 16.8 Å². The van der Waals surface area contributed by atoms with Crippen molar-refractivity contribution in [2.24, 2.45) is 0 Å². The Morgan fingerprint density at radius 1 is 1.37 bits per heavy atom. The summed E-state index contributed by atoms with van der Waals surface area (Å²) in [4.78, 5) is 7.73. The summed E-state index contributed by atoms with van der Waals surface area (Å²) < 4.78 is 29.7. The van der Waals surface area contributed by atoms with Gasteiger partial charge >= 0.3 is 6.61 Å². The number of halogens is 2. The normalized spacial score (nSPS) is 13.7. The first-order valence-electron chi connectivity index (χ1n) is 8.37. The number of fused-ring (bicyclic) bond motifs is 2.